The summed E-state index contributed by atoms with van der Waals surface area (Å²) in [7, 11) is 0. The fourth-order valence-electron chi connectivity index (χ4n) is 1.42. The van der Waals surface area contributed by atoms with Crippen LogP contribution in [0.3, 0.4) is 0 Å². The van der Waals surface area contributed by atoms with E-state index < -0.39 is 0 Å². The van der Waals surface area contributed by atoms with E-state index in [1.165, 1.54) is 24.1 Å². The summed E-state index contributed by atoms with van der Waals surface area (Å²) in [5.74, 6) is 0. The lowest BCUT2D eigenvalue weighted by atomic mass is 10.1. The minimum Gasteiger partial charge on any atom is -0.389 e. The van der Waals surface area contributed by atoms with Crippen molar-refractivity contribution in [1.82, 2.24) is 0 Å². The Hall–Kier alpha value is -1.09. The molecule has 3 heteroatoms. The maximum atomic E-state index is 5.57. The molecule has 1 aromatic carbocycles. The minimum absolute atomic E-state index is 0.457. The van der Waals surface area contributed by atoms with Gasteiger partial charge in [0.2, 0.25) is 0 Å². The van der Waals surface area contributed by atoms with E-state index in [0.29, 0.717) is 4.99 Å². The zero-order chi connectivity index (χ0) is 11.3. The summed E-state index contributed by atoms with van der Waals surface area (Å²) in [6, 6.07) is 6.03. The van der Waals surface area contributed by atoms with E-state index >= 15 is 0 Å². The van der Waals surface area contributed by atoms with Gasteiger partial charge in [-0.3, -0.25) is 0 Å². The summed E-state index contributed by atoms with van der Waals surface area (Å²) in [6.45, 7) is 5.27. The molecule has 2 nitrogen and oxygen atoms in total. The van der Waals surface area contributed by atoms with Crippen LogP contribution in [0, 0.1) is 6.92 Å². The summed E-state index contributed by atoms with van der Waals surface area (Å²) in [6.07, 6.45) is 2.40. The summed E-state index contributed by atoms with van der Waals surface area (Å²) in [5, 5.41) is 3.40. The van der Waals surface area contributed by atoms with Crippen LogP contribution in [0.4, 0.5) is 5.69 Å². The minimum atomic E-state index is 0.457. The number of rotatable bonds is 5. The number of nitrogens with one attached hydrogen (secondary N) is 1. The molecule has 1 rings (SSSR count). The van der Waals surface area contributed by atoms with Crippen molar-refractivity contribution in [2.75, 3.05) is 11.9 Å². The number of hydrogen-bond acceptors (Lipinski definition) is 2. The second-order valence-electron chi connectivity index (χ2n) is 3.67. The molecule has 1 aromatic rings. The van der Waals surface area contributed by atoms with Crippen LogP contribution in [-0.2, 0) is 0 Å². The molecule has 0 aliphatic carbocycles. The first kappa shape index (κ1) is 12.0. The van der Waals surface area contributed by atoms with Crippen LogP contribution in [0.5, 0.6) is 0 Å². The van der Waals surface area contributed by atoms with E-state index in [1.54, 1.807) is 0 Å². The van der Waals surface area contributed by atoms with Gasteiger partial charge in [0.05, 0.1) is 0 Å². The van der Waals surface area contributed by atoms with E-state index in [1.807, 2.05) is 18.2 Å². The molecule has 0 aromatic heterocycles. The number of aryl methyl sites for hydroxylation is 1. The zero-order valence-corrected chi connectivity index (χ0v) is 10.2. The van der Waals surface area contributed by atoms with Gasteiger partial charge in [-0.2, -0.15) is 0 Å². The highest BCUT2D eigenvalue weighted by molar-refractivity contribution is 7.80. The average Bonchev–Trinajstić information content (AvgIpc) is 2.20. The Morgan fingerprint density at radius 1 is 1.47 bits per heavy atom. The Kier molecular flexibility index (Phi) is 4.56. The molecule has 15 heavy (non-hydrogen) atoms. The molecule has 3 N–H and O–H groups in total. The van der Waals surface area contributed by atoms with Gasteiger partial charge in [0.15, 0.2) is 0 Å². The highest BCUT2D eigenvalue weighted by Gasteiger charge is 2.00. The molecule has 0 unspecified atom stereocenters. The summed E-state index contributed by atoms with van der Waals surface area (Å²) in [4.78, 5) is 0.457. The van der Waals surface area contributed by atoms with E-state index in [0.717, 1.165) is 12.1 Å². The summed E-state index contributed by atoms with van der Waals surface area (Å²) in [5.41, 5.74) is 8.86. The lowest BCUT2D eigenvalue weighted by molar-refractivity contribution is 0.833. The third kappa shape index (κ3) is 3.51. The Morgan fingerprint density at radius 3 is 2.73 bits per heavy atom. The van der Waals surface area contributed by atoms with E-state index in [-0.39, 0.29) is 0 Å². The van der Waals surface area contributed by atoms with Crippen molar-refractivity contribution < 1.29 is 0 Å². The molecular weight excluding hydrogens is 204 g/mol. The Bertz CT molecular complexity index is 347. The molecule has 0 saturated heterocycles. The largest absolute Gasteiger partial charge is 0.389 e. The van der Waals surface area contributed by atoms with Crippen LogP contribution in [0.15, 0.2) is 18.2 Å². The smallest absolute Gasteiger partial charge is 0.103 e. The third-order valence-corrected chi connectivity index (χ3v) is 2.59. The number of unbranched alkanes of at least 4 members (excludes halogenated alkanes) is 1. The van der Waals surface area contributed by atoms with Crippen LogP contribution in [0.1, 0.15) is 30.9 Å². The van der Waals surface area contributed by atoms with Gasteiger partial charge >= 0.3 is 0 Å². The molecule has 0 fully saturated rings. The first-order chi connectivity index (χ1) is 7.15. The maximum Gasteiger partial charge on any atom is 0.103 e. The fourth-order valence-corrected chi connectivity index (χ4v) is 1.54. The van der Waals surface area contributed by atoms with E-state index in [4.69, 9.17) is 18.0 Å². The summed E-state index contributed by atoms with van der Waals surface area (Å²) < 4.78 is 0. The predicted molar refractivity (Wildman–Crippen MR) is 70.5 cm³/mol. The van der Waals surface area contributed by atoms with Crippen molar-refractivity contribution in [1.29, 1.82) is 0 Å². The predicted octanol–water partition coefficient (Wildman–Crippen LogP) is 2.84. The Labute approximate surface area is 96.9 Å². The van der Waals surface area contributed by atoms with Crippen molar-refractivity contribution >= 4 is 22.9 Å². The number of benzene rings is 1. The number of nitrogens with two attached hydrogens (primary N) is 1. The number of anilines is 1. The quantitative estimate of drug-likeness (QED) is 0.594. The van der Waals surface area contributed by atoms with Crippen molar-refractivity contribution in [3.05, 3.63) is 29.3 Å². The van der Waals surface area contributed by atoms with Gasteiger partial charge in [0, 0.05) is 17.8 Å². The van der Waals surface area contributed by atoms with Crippen LogP contribution in [0.2, 0.25) is 0 Å². The third-order valence-electron chi connectivity index (χ3n) is 2.36. The fraction of sp³-hybridized carbons (Fsp3) is 0.417. The standard InChI is InChI=1S/C12H18N2S/c1-3-4-7-14-11-6-5-10(12(13)15)8-9(11)2/h5-6,8,14H,3-4,7H2,1-2H3,(H2,13,15). The first-order valence-corrected chi connectivity index (χ1v) is 5.70. The van der Waals surface area contributed by atoms with Gasteiger partial charge < -0.3 is 11.1 Å². The van der Waals surface area contributed by atoms with Crippen LogP contribution >= 0.6 is 12.2 Å². The van der Waals surface area contributed by atoms with Gasteiger partial charge in [-0.25, -0.2) is 0 Å². The molecule has 0 aliphatic heterocycles. The summed E-state index contributed by atoms with van der Waals surface area (Å²) >= 11 is 4.93. The van der Waals surface area contributed by atoms with Gasteiger partial charge in [-0.15, -0.1) is 0 Å². The SMILES string of the molecule is CCCCNc1ccc(C(N)=S)cc1C. The molecule has 82 valence electrons. The lowest BCUT2D eigenvalue weighted by Crippen LogP contribution is -2.10. The Morgan fingerprint density at radius 2 is 2.20 bits per heavy atom. The number of hydrogen-bond donors (Lipinski definition) is 2. The normalized spacial score (nSPS) is 10.0. The lowest BCUT2D eigenvalue weighted by Gasteiger charge is -2.10. The molecule has 0 bridgehead atoms. The van der Waals surface area contributed by atoms with Crippen LogP contribution in [0.25, 0.3) is 0 Å². The zero-order valence-electron chi connectivity index (χ0n) is 9.34. The van der Waals surface area contributed by atoms with Crippen molar-refractivity contribution in [3.63, 3.8) is 0 Å². The second-order valence-corrected chi connectivity index (χ2v) is 4.11. The number of thiocarbonyl (C=S) groups is 1. The monoisotopic (exact) mass is 222 g/mol. The van der Waals surface area contributed by atoms with Crippen LogP contribution < -0.4 is 11.1 Å². The molecule has 0 amide bonds. The highest BCUT2D eigenvalue weighted by atomic mass is 32.1. The van der Waals surface area contributed by atoms with Crippen molar-refractivity contribution in [3.8, 4) is 0 Å². The highest BCUT2D eigenvalue weighted by Crippen LogP contribution is 2.16. The van der Waals surface area contributed by atoms with Crippen molar-refractivity contribution in [2.45, 2.75) is 26.7 Å². The molecule has 0 spiro atoms. The van der Waals surface area contributed by atoms with E-state index in [9.17, 15) is 0 Å². The van der Waals surface area contributed by atoms with Gasteiger partial charge in [0.1, 0.15) is 4.99 Å². The molecule has 0 heterocycles. The Balaban J connectivity index is 2.70. The second kappa shape index (κ2) is 5.71. The topological polar surface area (TPSA) is 38.0 Å². The van der Waals surface area contributed by atoms with Gasteiger partial charge in [-0.1, -0.05) is 25.6 Å². The van der Waals surface area contributed by atoms with E-state index in [2.05, 4.69) is 19.2 Å². The van der Waals surface area contributed by atoms with Crippen molar-refractivity contribution in [2.24, 2.45) is 5.73 Å². The molecule has 0 atom stereocenters. The molecular formula is C12H18N2S. The molecule has 0 aliphatic rings. The first-order valence-electron chi connectivity index (χ1n) is 5.29. The molecule has 0 radical (unpaired) electrons. The van der Waals surface area contributed by atoms with Crippen LogP contribution in [-0.4, -0.2) is 11.5 Å². The average molecular weight is 222 g/mol. The maximum absolute atomic E-state index is 5.57. The van der Waals surface area contributed by atoms with Gasteiger partial charge in [-0.05, 0) is 37.1 Å². The molecule has 0 saturated carbocycles. The van der Waals surface area contributed by atoms with Gasteiger partial charge in [0.25, 0.3) is 0 Å².